The van der Waals surface area contributed by atoms with E-state index >= 15 is 0 Å². The standard InChI is InChI=1S/C18H19N3O4S/c1-20-16-7-5-4-6-13(16)10-14(18(20)22)12-21(26(3,23)24)15-8-9-17(25-2)19-11-15/h4-11H,12H2,1-3H3. The Bertz CT molecular complexity index is 1110. The molecule has 3 rings (SSSR count). The SMILES string of the molecule is COc1ccc(N(Cc2cc3ccccc3n(C)c2=O)S(C)(=O)=O)cn1. The van der Waals surface area contributed by atoms with Gasteiger partial charge in [-0.25, -0.2) is 13.4 Å². The van der Waals surface area contributed by atoms with E-state index in [-0.39, 0.29) is 12.1 Å². The first kappa shape index (κ1) is 17.9. The minimum absolute atomic E-state index is 0.0790. The molecule has 0 N–H and O–H groups in total. The Kier molecular flexibility index (Phi) is 4.69. The zero-order chi connectivity index (χ0) is 18.9. The molecule has 0 aliphatic rings. The topological polar surface area (TPSA) is 81.5 Å². The quantitative estimate of drug-likeness (QED) is 0.682. The summed E-state index contributed by atoms with van der Waals surface area (Å²) >= 11 is 0. The van der Waals surface area contributed by atoms with Gasteiger partial charge in [0.05, 0.1) is 37.3 Å². The molecule has 2 heterocycles. The van der Waals surface area contributed by atoms with Crippen LogP contribution in [0.15, 0.2) is 53.5 Å². The number of fused-ring (bicyclic) bond motifs is 1. The van der Waals surface area contributed by atoms with Gasteiger partial charge in [0.25, 0.3) is 5.56 Å². The molecule has 2 aromatic heterocycles. The van der Waals surface area contributed by atoms with Gasteiger partial charge >= 0.3 is 0 Å². The van der Waals surface area contributed by atoms with Gasteiger partial charge in [0.2, 0.25) is 15.9 Å². The number of aromatic nitrogens is 2. The Morgan fingerprint density at radius 1 is 1.19 bits per heavy atom. The van der Waals surface area contributed by atoms with Crippen molar-refractivity contribution < 1.29 is 13.2 Å². The van der Waals surface area contributed by atoms with Crippen molar-refractivity contribution in [3.63, 3.8) is 0 Å². The lowest BCUT2D eigenvalue weighted by atomic mass is 10.1. The fraction of sp³-hybridized carbons (Fsp3) is 0.222. The van der Waals surface area contributed by atoms with Crippen LogP contribution >= 0.6 is 0 Å². The number of para-hydroxylation sites is 1. The minimum Gasteiger partial charge on any atom is -0.481 e. The molecule has 7 nitrogen and oxygen atoms in total. The summed E-state index contributed by atoms with van der Waals surface area (Å²) in [5, 5.41) is 0.867. The normalized spacial score (nSPS) is 11.5. The molecule has 0 atom stereocenters. The van der Waals surface area contributed by atoms with Crippen molar-refractivity contribution in [3.8, 4) is 5.88 Å². The van der Waals surface area contributed by atoms with Crippen molar-refractivity contribution in [1.82, 2.24) is 9.55 Å². The highest BCUT2D eigenvalue weighted by atomic mass is 32.2. The number of benzene rings is 1. The number of anilines is 1. The van der Waals surface area contributed by atoms with Crippen molar-refractivity contribution in [1.29, 1.82) is 0 Å². The molecule has 26 heavy (non-hydrogen) atoms. The first-order valence-corrected chi connectivity index (χ1v) is 9.71. The van der Waals surface area contributed by atoms with Crippen LogP contribution in [-0.4, -0.2) is 31.3 Å². The summed E-state index contributed by atoms with van der Waals surface area (Å²) in [5.41, 5.74) is 1.30. The highest BCUT2D eigenvalue weighted by molar-refractivity contribution is 7.92. The maximum Gasteiger partial charge on any atom is 0.255 e. The number of pyridine rings is 2. The minimum atomic E-state index is -3.61. The zero-order valence-corrected chi connectivity index (χ0v) is 15.5. The molecule has 0 saturated carbocycles. The molecule has 0 saturated heterocycles. The number of methoxy groups -OCH3 is 1. The van der Waals surface area contributed by atoms with Crippen molar-refractivity contribution >= 4 is 26.6 Å². The van der Waals surface area contributed by atoms with E-state index in [0.29, 0.717) is 17.1 Å². The van der Waals surface area contributed by atoms with Crippen LogP contribution in [0.1, 0.15) is 5.56 Å². The number of ether oxygens (including phenoxy) is 1. The van der Waals surface area contributed by atoms with Crippen LogP contribution in [-0.2, 0) is 23.6 Å². The molecule has 0 unspecified atom stereocenters. The molecule has 0 fully saturated rings. The predicted octanol–water partition coefficient (Wildman–Crippen LogP) is 1.91. The smallest absolute Gasteiger partial charge is 0.255 e. The highest BCUT2D eigenvalue weighted by Crippen LogP contribution is 2.22. The Balaban J connectivity index is 2.09. The van der Waals surface area contributed by atoms with Crippen LogP contribution in [0.3, 0.4) is 0 Å². The first-order chi connectivity index (χ1) is 12.3. The molecular weight excluding hydrogens is 354 g/mol. The van der Waals surface area contributed by atoms with E-state index in [1.54, 1.807) is 25.2 Å². The predicted molar refractivity (Wildman–Crippen MR) is 101 cm³/mol. The van der Waals surface area contributed by atoms with Crippen LogP contribution < -0.4 is 14.6 Å². The third-order valence-electron chi connectivity index (χ3n) is 4.14. The number of hydrogen-bond donors (Lipinski definition) is 0. The first-order valence-electron chi connectivity index (χ1n) is 7.86. The molecule has 0 spiro atoms. The Labute approximate surface area is 151 Å². The molecule has 0 aliphatic heterocycles. The summed E-state index contributed by atoms with van der Waals surface area (Å²) in [7, 11) is -0.458. The van der Waals surface area contributed by atoms with E-state index in [9.17, 15) is 13.2 Å². The number of hydrogen-bond acceptors (Lipinski definition) is 5. The fourth-order valence-electron chi connectivity index (χ4n) is 2.80. The number of rotatable bonds is 5. The van der Waals surface area contributed by atoms with Crippen LogP contribution in [0.25, 0.3) is 10.9 Å². The lowest BCUT2D eigenvalue weighted by Gasteiger charge is -2.22. The fourth-order valence-corrected chi connectivity index (χ4v) is 3.66. The van der Waals surface area contributed by atoms with Crippen molar-refractivity contribution in [2.45, 2.75) is 6.54 Å². The second-order valence-corrected chi connectivity index (χ2v) is 7.83. The summed E-state index contributed by atoms with van der Waals surface area (Å²) < 4.78 is 32.3. The molecule has 0 amide bonds. The average Bonchev–Trinajstić information content (AvgIpc) is 2.62. The van der Waals surface area contributed by atoms with Crippen molar-refractivity contribution in [3.05, 3.63) is 64.6 Å². The summed E-state index contributed by atoms with van der Waals surface area (Å²) in [5.74, 6) is 0.379. The lowest BCUT2D eigenvalue weighted by Crippen LogP contribution is -2.33. The van der Waals surface area contributed by atoms with Gasteiger partial charge in [0.15, 0.2) is 0 Å². The lowest BCUT2D eigenvalue weighted by molar-refractivity contribution is 0.398. The Hall–Kier alpha value is -2.87. The summed E-state index contributed by atoms with van der Waals surface area (Å²) in [6.07, 6.45) is 2.51. The van der Waals surface area contributed by atoms with Gasteiger partial charge in [0, 0.05) is 18.7 Å². The average molecular weight is 373 g/mol. The second-order valence-electron chi connectivity index (χ2n) is 5.92. The van der Waals surface area contributed by atoms with Crippen LogP contribution in [0.4, 0.5) is 5.69 Å². The zero-order valence-electron chi connectivity index (χ0n) is 14.7. The number of aryl methyl sites for hydroxylation is 1. The van der Waals surface area contributed by atoms with Crippen molar-refractivity contribution in [2.24, 2.45) is 7.05 Å². The van der Waals surface area contributed by atoms with E-state index in [4.69, 9.17) is 4.74 Å². The van der Waals surface area contributed by atoms with Crippen LogP contribution in [0, 0.1) is 0 Å². The van der Waals surface area contributed by atoms with Gasteiger partial charge in [-0.1, -0.05) is 18.2 Å². The van der Waals surface area contributed by atoms with E-state index in [1.807, 2.05) is 24.3 Å². The number of nitrogens with zero attached hydrogens (tertiary/aromatic N) is 3. The van der Waals surface area contributed by atoms with Gasteiger partial charge in [-0.2, -0.15) is 0 Å². The summed E-state index contributed by atoms with van der Waals surface area (Å²) in [6, 6.07) is 12.4. The van der Waals surface area contributed by atoms with Crippen LogP contribution in [0.5, 0.6) is 5.88 Å². The van der Waals surface area contributed by atoms with Gasteiger partial charge < -0.3 is 9.30 Å². The third kappa shape index (κ3) is 3.41. The summed E-state index contributed by atoms with van der Waals surface area (Å²) in [6.45, 7) is -0.0790. The monoisotopic (exact) mass is 373 g/mol. The van der Waals surface area contributed by atoms with E-state index in [1.165, 1.54) is 17.9 Å². The van der Waals surface area contributed by atoms with E-state index < -0.39 is 10.0 Å². The highest BCUT2D eigenvalue weighted by Gasteiger charge is 2.20. The van der Waals surface area contributed by atoms with E-state index in [0.717, 1.165) is 21.5 Å². The van der Waals surface area contributed by atoms with Gasteiger partial charge in [-0.3, -0.25) is 9.10 Å². The Morgan fingerprint density at radius 2 is 1.92 bits per heavy atom. The molecule has 136 valence electrons. The third-order valence-corrected chi connectivity index (χ3v) is 5.28. The Morgan fingerprint density at radius 3 is 2.54 bits per heavy atom. The largest absolute Gasteiger partial charge is 0.481 e. The van der Waals surface area contributed by atoms with Crippen LogP contribution in [0.2, 0.25) is 0 Å². The van der Waals surface area contributed by atoms with Gasteiger partial charge in [-0.15, -0.1) is 0 Å². The molecule has 0 aliphatic carbocycles. The summed E-state index contributed by atoms with van der Waals surface area (Å²) in [4.78, 5) is 16.7. The molecular formula is C18H19N3O4S. The maximum atomic E-state index is 12.7. The molecule has 0 radical (unpaired) electrons. The number of sulfonamides is 1. The van der Waals surface area contributed by atoms with E-state index in [2.05, 4.69) is 4.98 Å². The molecule has 1 aromatic carbocycles. The molecule has 8 heteroatoms. The molecule has 3 aromatic rings. The molecule has 0 bridgehead atoms. The van der Waals surface area contributed by atoms with Gasteiger partial charge in [0.1, 0.15) is 0 Å². The second kappa shape index (κ2) is 6.80. The maximum absolute atomic E-state index is 12.7. The van der Waals surface area contributed by atoms with Crippen molar-refractivity contribution in [2.75, 3.05) is 17.7 Å². The van der Waals surface area contributed by atoms with Gasteiger partial charge in [-0.05, 0) is 23.6 Å².